The topological polar surface area (TPSA) is 24.5 Å². The Morgan fingerprint density at radius 3 is 2.80 bits per heavy atom. The largest absolute Gasteiger partial charge is 0.383 e. The Balaban J connectivity index is 2.66. The average Bonchev–Trinajstić information content (AvgIpc) is 2.45. The van der Waals surface area contributed by atoms with Gasteiger partial charge in [-0.25, -0.2) is 0 Å². The lowest BCUT2D eigenvalue weighted by atomic mass is 10.1. The second kappa shape index (κ2) is 10.0. The normalized spacial score (nSPS) is 10.8. The average molecular weight is 299 g/mol. The van der Waals surface area contributed by atoms with Crippen molar-refractivity contribution >= 4 is 17.3 Å². The fourth-order valence-corrected chi connectivity index (χ4v) is 2.42. The van der Waals surface area contributed by atoms with Crippen molar-refractivity contribution in [2.24, 2.45) is 0 Å². The van der Waals surface area contributed by atoms with E-state index in [1.54, 1.807) is 7.11 Å². The molecule has 20 heavy (non-hydrogen) atoms. The molecule has 0 unspecified atom stereocenters. The molecule has 114 valence electrons. The molecule has 0 amide bonds. The molecule has 0 aliphatic rings. The molecule has 0 saturated heterocycles. The maximum absolute atomic E-state index is 6.35. The second-order valence-corrected chi connectivity index (χ2v) is 5.44. The molecule has 0 spiro atoms. The second-order valence-electron chi connectivity index (χ2n) is 5.04. The monoisotopic (exact) mass is 298 g/mol. The van der Waals surface area contributed by atoms with Gasteiger partial charge in [0, 0.05) is 50.1 Å². The smallest absolute Gasteiger partial charge is 0.0587 e. The molecule has 0 heterocycles. The van der Waals surface area contributed by atoms with Crippen LogP contribution in [0.25, 0.3) is 0 Å². The minimum Gasteiger partial charge on any atom is -0.383 e. The highest BCUT2D eigenvalue weighted by Gasteiger charge is 2.10. The predicted molar refractivity (Wildman–Crippen MR) is 87.8 cm³/mol. The number of unbranched alkanes of at least 4 members (excludes halogenated alkanes) is 2. The van der Waals surface area contributed by atoms with E-state index in [2.05, 4.69) is 30.3 Å². The van der Waals surface area contributed by atoms with Crippen LogP contribution in [0.2, 0.25) is 5.02 Å². The molecule has 0 aliphatic heterocycles. The zero-order valence-corrected chi connectivity index (χ0v) is 13.7. The van der Waals surface area contributed by atoms with Crippen LogP contribution in [-0.4, -0.2) is 33.9 Å². The lowest BCUT2D eigenvalue weighted by Gasteiger charge is -2.23. The van der Waals surface area contributed by atoms with Gasteiger partial charge in [-0.15, -0.1) is 0 Å². The number of anilines is 1. The molecule has 1 aromatic carbocycles. The maximum atomic E-state index is 6.35. The van der Waals surface area contributed by atoms with E-state index in [1.165, 1.54) is 30.5 Å². The van der Waals surface area contributed by atoms with E-state index in [0.717, 1.165) is 24.7 Å². The van der Waals surface area contributed by atoms with Crippen molar-refractivity contribution in [3.05, 3.63) is 28.8 Å². The number of benzene rings is 1. The number of hydrogen-bond acceptors (Lipinski definition) is 3. The van der Waals surface area contributed by atoms with E-state index in [4.69, 9.17) is 16.3 Å². The standard InChI is InChI=1S/C16H27ClN2O/c1-4-5-6-11-19(2)16-9-7-8-15(17)14(16)13-18-10-12-20-3/h7-9,18H,4-6,10-13H2,1-3H3. The number of rotatable bonds is 10. The quantitative estimate of drug-likeness (QED) is 0.667. The molecule has 1 rings (SSSR count). The Labute approximate surface area is 128 Å². The maximum Gasteiger partial charge on any atom is 0.0587 e. The van der Waals surface area contributed by atoms with Crippen molar-refractivity contribution in [2.75, 3.05) is 38.8 Å². The van der Waals surface area contributed by atoms with Crippen molar-refractivity contribution < 1.29 is 4.74 Å². The minimum atomic E-state index is 0.714. The van der Waals surface area contributed by atoms with E-state index in [-0.39, 0.29) is 0 Å². The summed E-state index contributed by atoms with van der Waals surface area (Å²) in [6, 6.07) is 6.12. The summed E-state index contributed by atoms with van der Waals surface area (Å²) in [5.41, 5.74) is 2.39. The Morgan fingerprint density at radius 2 is 2.10 bits per heavy atom. The van der Waals surface area contributed by atoms with Crippen LogP contribution in [0.3, 0.4) is 0 Å². The summed E-state index contributed by atoms with van der Waals surface area (Å²) in [6.45, 7) is 5.62. The summed E-state index contributed by atoms with van der Waals surface area (Å²) >= 11 is 6.35. The number of halogens is 1. The minimum absolute atomic E-state index is 0.714. The fraction of sp³-hybridized carbons (Fsp3) is 0.625. The van der Waals surface area contributed by atoms with Crippen molar-refractivity contribution in [3.63, 3.8) is 0 Å². The molecule has 1 aromatic rings. The van der Waals surface area contributed by atoms with Crippen LogP contribution in [0, 0.1) is 0 Å². The number of hydrogen-bond donors (Lipinski definition) is 1. The van der Waals surface area contributed by atoms with Crippen molar-refractivity contribution in [3.8, 4) is 0 Å². The molecule has 4 heteroatoms. The van der Waals surface area contributed by atoms with Gasteiger partial charge in [-0.05, 0) is 18.6 Å². The molecular formula is C16H27ClN2O. The van der Waals surface area contributed by atoms with E-state index < -0.39 is 0 Å². The molecule has 1 N–H and O–H groups in total. The van der Waals surface area contributed by atoms with Gasteiger partial charge < -0.3 is 15.0 Å². The zero-order chi connectivity index (χ0) is 14.8. The molecule has 0 fully saturated rings. The molecule has 0 aliphatic carbocycles. The third-order valence-corrected chi connectivity index (χ3v) is 3.74. The van der Waals surface area contributed by atoms with Gasteiger partial charge in [-0.3, -0.25) is 0 Å². The lowest BCUT2D eigenvalue weighted by Crippen LogP contribution is -2.23. The van der Waals surface area contributed by atoms with Gasteiger partial charge in [0.2, 0.25) is 0 Å². The van der Waals surface area contributed by atoms with Gasteiger partial charge in [0.15, 0.2) is 0 Å². The summed E-state index contributed by atoms with van der Waals surface area (Å²) in [6.07, 6.45) is 3.73. The van der Waals surface area contributed by atoms with E-state index in [1.807, 2.05) is 12.1 Å². The summed E-state index contributed by atoms with van der Waals surface area (Å²) < 4.78 is 5.05. The van der Waals surface area contributed by atoms with Gasteiger partial charge in [0.05, 0.1) is 6.61 Å². The van der Waals surface area contributed by atoms with Crippen LogP contribution >= 0.6 is 11.6 Å². The molecule has 3 nitrogen and oxygen atoms in total. The first-order chi connectivity index (χ1) is 9.70. The van der Waals surface area contributed by atoms with Gasteiger partial charge in [-0.1, -0.05) is 37.4 Å². The van der Waals surface area contributed by atoms with Gasteiger partial charge in [0.25, 0.3) is 0 Å². The van der Waals surface area contributed by atoms with Crippen LogP contribution in [0.15, 0.2) is 18.2 Å². The first-order valence-electron chi connectivity index (χ1n) is 7.38. The SMILES string of the molecule is CCCCCN(C)c1cccc(Cl)c1CNCCOC. The highest BCUT2D eigenvalue weighted by atomic mass is 35.5. The molecular weight excluding hydrogens is 272 g/mol. The molecule has 0 aromatic heterocycles. The summed E-state index contributed by atoms with van der Waals surface area (Å²) in [7, 11) is 3.85. The van der Waals surface area contributed by atoms with Crippen LogP contribution in [0.4, 0.5) is 5.69 Å². The van der Waals surface area contributed by atoms with E-state index >= 15 is 0 Å². The summed E-state index contributed by atoms with van der Waals surface area (Å²) in [5.74, 6) is 0. The van der Waals surface area contributed by atoms with Crippen molar-refractivity contribution in [1.29, 1.82) is 0 Å². The molecule has 0 radical (unpaired) electrons. The van der Waals surface area contributed by atoms with Gasteiger partial charge in [-0.2, -0.15) is 0 Å². The number of nitrogens with zero attached hydrogens (tertiary/aromatic N) is 1. The summed E-state index contributed by atoms with van der Waals surface area (Å²) in [4.78, 5) is 2.30. The molecule has 0 saturated carbocycles. The Kier molecular flexibility index (Phi) is 8.67. The Hall–Kier alpha value is -0.770. The van der Waals surface area contributed by atoms with E-state index in [0.29, 0.717) is 6.61 Å². The Morgan fingerprint density at radius 1 is 1.30 bits per heavy atom. The lowest BCUT2D eigenvalue weighted by molar-refractivity contribution is 0.199. The first kappa shape index (κ1) is 17.3. The van der Waals surface area contributed by atoms with Gasteiger partial charge in [0.1, 0.15) is 0 Å². The van der Waals surface area contributed by atoms with Crippen molar-refractivity contribution in [2.45, 2.75) is 32.7 Å². The number of methoxy groups -OCH3 is 1. The van der Waals surface area contributed by atoms with E-state index in [9.17, 15) is 0 Å². The van der Waals surface area contributed by atoms with Gasteiger partial charge >= 0.3 is 0 Å². The highest BCUT2D eigenvalue weighted by Crippen LogP contribution is 2.27. The molecule has 0 bridgehead atoms. The van der Waals surface area contributed by atoms with Crippen molar-refractivity contribution in [1.82, 2.24) is 5.32 Å². The molecule has 0 atom stereocenters. The first-order valence-corrected chi connectivity index (χ1v) is 7.76. The van der Waals surface area contributed by atoms with Crippen LogP contribution in [0.5, 0.6) is 0 Å². The highest BCUT2D eigenvalue weighted by molar-refractivity contribution is 6.31. The third-order valence-electron chi connectivity index (χ3n) is 3.39. The predicted octanol–water partition coefficient (Wildman–Crippen LogP) is 3.70. The van der Waals surface area contributed by atoms with Crippen LogP contribution < -0.4 is 10.2 Å². The number of ether oxygens (including phenoxy) is 1. The van der Waals surface area contributed by atoms with Crippen LogP contribution in [0.1, 0.15) is 31.7 Å². The van der Waals surface area contributed by atoms with Crippen LogP contribution in [-0.2, 0) is 11.3 Å². The fourth-order valence-electron chi connectivity index (χ4n) is 2.19. The zero-order valence-electron chi connectivity index (χ0n) is 12.9. The number of nitrogens with one attached hydrogen (secondary N) is 1. The summed E-state index contributed by atoms with van der Waals surface area (Å²) in [5, 5.41) is 4.20. The Bertz CT molecular complexity index is 385. The third kappa shape index (κ3) is 5.70.